The van der Waals surface area contributed by atoms with Crippen molar-refractivity contribution in [2.45, 2.75) is 25.3 Å². The van der Waals surface area contributed by atoms with Gasteiger partial charge in [-0.3, -0.25) is 14.5 Å². The molecule has 7 heteroatoms. The molecule has 0 spiro atoms. The fourth-order valence-electron chi connectivity index (χ4n) is 3.14. The molecule has 1 saturated heterocycles. The Balaban J connectivity index is 1.99. The predicted octanol–water partition coefficient (Wildman–Crippen LogP) is 0.504. The molecule has 0 aliphatic carbocycles. The molecule has 144 valence electrons. The van der Waals surface area contributed by atoms with Crippen LogP contribution in [0.25, 0.3) is 0 Å². The summed E-state index contributed by atoms with van der Waals surface area (Å²) in [4.78, 5) is 28.2. The molecule has 1 aromatic rings. The molecule has 7 nitrogen and oxygen atoms in total. The van der Waals surface area contributed by atoms with Crippen LogP contribution in [0.1, 0.15) is 30.9 Å². The van der Waals surface area contributed by atoms with Crippen LogP contribution in [0.15, 0.2) is 24.3 Å². The van der Waals surface area contributed by atoms with Crippen molar-refractivity contribution in [3.05, 3.63) is 29.8 Å². The van der Waals surface area contributed by atoms with E-state index in [0.29, 0.717) is 19.5 Å². The molecule has 1 unspecified atom stereocenters. The molecular weight excluding hydrogens is 332 g/mol. The van der Waals surface area contributed by atoms with E-state index in [-0.39, 0.29) is 12.6 Å². The van der Waals surface area contributed by atoms with Gasteiger partial charge in [-0.25, -0.2) is 0 Å². The predicted molar refractivity (Wildman–Crippen MR) is 102 cm³/mol. The molecule has 1 aliphatic rings. The van der Waals surface area contributed by atoms with E-state index < -0.39 is 11.8 Å². The largest absolute Gasteiger partial charge is 0.396 e. The van der Waals surface area contributed by atoms with Gasteiger partial charge in [-0.1, -0.05) is 12.1 Å². The minimum absolute atomic E-state index is 0.0120. The van der Waals surface area contributed by atoms with E-state index in [1.807, 2.05) is 19.0 Å². The molecule has 3 N–H and O–H groups in total. The van der Waals surface area contributed by atoms with E-state index in [0.717, 1.165) is 37.2 Å². The highest BCUT2D eigenvalue weighted by Crippen LogP contribution is 2.26. The Morgan fingerprint density at radius 2 is 1.73 bits per heavy atom. The average molecular weight is 362 g/mol. The van der Waals surface area contributed by atoms with Crippen LogP contribution in [0.3, 0.4) is 0 Å². The van der Waals surface area contributed by atoms with Gasteiger partial charge < -0.3 is 20.6 Å². The second-order valence-electron chi connectivity index (χ2n) is 6.79. The minimum Gasteiger partial charge on any atom is -0.396 e. The van der Waals surface area contributed by atoms with Crippen molar-refractivity contribution in [2.75, 3.05) is 51.8 Å². The number of likely N-dealkylation sites (tertiary alicyclic amines) is 1. The number of rotatable bonds is 8. The summed E-state index contributed by atoms with van der Waals surface area (Å²) in [5.74, 6) is -1.28. The average Bonchev–Trinajstić information content (AvgIpc) is 3.16. The van der Waals surface area contributed by atoms with Gasteiger partial charge in [0.25, 0.3) is 0 Å². The summed E-state index contributed by atoms with van der Waals surface area (Å²) >= 11 is 0. The van der Waals surface area contributed by atoms with E-state index in [9.17, 15) is 9.59 Å². The van der Waals surface area contributed by atoms with Crippen LogP contribution in [-0.2, 0) is 9.59 Å². The molecule has 0 saturated carbocycles. The van der Waals surface area contributed by atoms with Gasteiger partial charge in [0.2, 0.25) is 0 Å². The normalized spacial score (nSPS) is 15.5. The van der Waals surface area contributed by atoms with E-state index in [2.05, 4.69) is 39.8 Å². The second kappa shape index (κ2) is 10.1. The number of hydrogen-bond donors (Lipinski definition) is 3. The molecule has 1 atom stereocenters. The van der Waals surface area contributed by atoms with Crippen molar-refractivity contribution in [3.63, 3.8) is 0 Å². The van der Waals surface area contributed by atoms with Gasteiger partial charge in [0.05, 0.1) is 6.04 Å². The van der Waals surface area contributed by atoms with Gasteiger partial charge in [-0.2, -0.15) is 0 Å². The zero-order chi connectivity index (χ0) is 18.9. The highest BCUT2D eigenvalue weighted by atomic mass is 16.3. The first-order valence-corrected chi connectivity index (χ1v) is 9.21. The van der Waals surface area contributed by atoms with E-state index in [4.69, 9.17) is 5.11 Å². The lowest BCUT2D eigenvalue weighted by Crippen LogP contribution is -2.44. The van der Waals surface area contributed by atoms with Gasteiger partial charge in [-0.15, -0.1) is 0 Å². The summed E-state index contributed by atoms with van der Waals surface area (Å²) in [6, 6.07) is 8.38. The third kappa shape index (κ3) is 5.71. The zero-order valence-electron chi connectivity index (χ0n) is 15.7. The monoisotopic (exact) mass is 362 g/mol. The van der Waals surface area contributed by atoms with Crippen LogP contribution >= 0.6 is 0 Å². The SMILES string of the molecule is CN(C)c1ccc(C(CNC(=O)C(=O)NCCCO)N2CCCC2)cc1. The lowest BCUT2D eigenvalue weighted by Gasteiger charge is -2.28. The molecule has 26 heavy (non-hydrogen) atoms. The minimum atomic E-state index is -0.651. The van der Waals surface area contributed by atoms with Crippen molar-refractivity contribution >= 4 is 17.5 Å². The van der Waals surface area contributed by atoms with Crippen molar-refractivity contribution < 1.29 is 14.7 Å². The second-order valence-corrected chi connectivity index (χ2v) is 6.79. The Morgan fingerprint density at radius 3 is 2.31 bits per heavy atom. The summed E-state index contributed by atoms with van der Waals surface area (Å²) in [5, 5.41) is 14.0. The Labute approximate surface area is 155 Å². The Kier molecular flexibility index (Phi) is 7.87. The number of nitrogens with zero attached hydrogens (tertiary/aromatic N) is 2. The van der Waals surface area contributed by atoms with Gasteiger partial charge in [0, 0.05) is 39.5 Å². The maximum Gasteiger partial charge on any atom is 0.309 e. The first-order valence-electron chi connectivity index (χ1n) is 9.21. The highest BCUT2D eigenvalue weighted by molar-refractivity contribution is 6.35. The molecule has 1 aromatic carbocycles. The number of carbonyl (C=O) groups excluding carboxylic acids is 2. The first kappa shape index (κ1) is 20.2. The van der Waals surface area contributed by atoms with E-state index in [1.165, 1.54) is 0 Å². The highest BCUT2D eigenvalue weighted by Gasteiger charge is 2.25. The molecule has 2 rings (SSSR count). The number of nitrogens with one attached hydrogen (secondary N) is 2. The van der Waals surface area contributed by atoms with Crippen molar-refractivity contribution in [3.8, 4) is 0 Å². The molecule has 0 radical (unpaired) electrons. The quantitative estimate of drug-likeness (QED) is 0.463. The van der Waals surface area contributed by atoms with Crippen LogP contribution in [0.5, 0.6) is 0 Å². The number of benzene rings is 1. The van der Waals surface area contributed by atoms with Gasteiger partial charge in [0.15, 0.2) is 0 Å². The van der Waals surface area contributed by atoms with Crippen LogP contribution in [0, 0.1) is 0 Å². The van der Waals surface area contributed by atoms with Crippen LogP contribution < -0.4 is 15.5 Å². The molecule has 1 fully saturated rings. The van der Waals surface area contributed by atoms with Crippen LogP contribution in [0.2, 0.25) is 0 Å². The van der Waals surface area contributed by atoms with Gasteiger partial charge in [0.1, 0.15) is 0 Å². The summed E-state index contributed by atoms with van der Waals surface area (Å²) in [6.07, 6.45) is 2.75. The molecule has 2 amide bonds. The third-order valence-corrected chi connectivity index (χ3v) is 4.66. The zero-order valence-corrected chi connectivity index (χ0v) is 15.7. The van der Waals surface area contributed by atoms with Gasteiger partial charge in [-0.05, 0) is 50.0 Å². The number of aliphatic hydroxyl groups excluding tert-OH is 1. The number of anilines is 1. The number of hydrogen-bond acceptors (Lipinski definition) is 5. The van der Waals surface area contributed by atoms with Gasteiger partial charge >= 0.3 is 11.8 Å². The summed E-state index contributed by atoms with van der Waals surface area (Å²) in [7, 11) is 4.01. The molecular formula is C19H30N4O3. The summed E-state index contributed by atoms with van der Waals surface area (Å²) < 4.78 is 0. The lowest BCUT2D eigenvalue weighted by atomic mass is 10.0. The Hall–Kier alpha value is -2.12. The first-order chi connectivity index (χ1) is 12.5. The molecule has 0 aromatic heterocycles. The van der Waals surface area contributed by atoms with Crippen molar-refractivity contribution in [1.82, 2.24) is 15.5 Å². The summed E-state index contributed by atoms with van der Waals surface area (Å²) in [6.45, 7) is 2.68. The Bertz CT molecular complexity index is 583. The van der Waals surface area contributed by atoms with E-state index in [1.54, 1.807) is 0 Å². The number of carbonyl (C=O) groups is 2. The lowest BCUT2D eigenvalue weighted by molar-refractivity contribution is -0.139. The van der Waals surface area contributed by atoms with Crippen molar-refractivity contribution in [1.29, 1.82) is 0 Å². The van der Waals surface area contributed by atoms with Crippen LogP contribution in [-0.4, -0.2) is 68.7 Å². The summed E-state index contributed by atoms with van der Waals surface area (Å²) in [5.41, 5.74) is 2.26. The van der Waals surface area contributed by atoms with Crippen molar-refractivity contribution in [2.24, 2.45) is 0 Å². The Morgan fingerprint density at radius 1 is 1.12 bits per heavy atom. The topological polar surface area (TPSA) is 84.9 Å². The van der Waals surface area contributed by atoms with E-state index >= 15 is 0 Å². The van der Waals surface area contributed by atoms with Crippen LogP contribution in [0.4, 0.5) is 5.69 Å². The fourth-order valence-corrected chi connectivity index (χ4v) is 3.14. The smallest absolute Gasteiger partial charge is 0.309 e. The third-order valence-electron chi connectivity index (χ3n) is 4.66. The standard InChI is InChI=1S/C19H30N4O3/c1-22(2)16-8-6-15(7-9-16)17(23-11-3-4-12-23)14-21-19(26)18(25)20-10-5-13-24/h6-9,17,24H,3-5,10-14H2,1-2H3,(H,20,25)(H,21,26). The maximum atomic E-state index is 12.0. The maximum absolute atomic E-state index is 12.0. The fraction of sp³-hybridized carbons (Fsp3) is 0.579. The molecule has 1 aliphatic heterocycles. The molecule has 1 heterocycles. The number of amides is 2. The molecule has 0 bridgehead atoms. The number of aliphatic hydroxyl groups is 1.